The monoisotopic (exact) mass is 474 g/mol. The number of aromatic nitrogens is 2. The Labute approximate surface area is 197 Å². The number of imidazole rings is 1. The van der Waals surface area contributed by atoms with Crippen LogP contribution in [0, 0.1) is 5.82 Å². The van der Waals surface area contributed by atoms with Crippen LogP contribution in [0.1, 0.15) is 44.9 Å². The van der Waals surface area contributed by atoms with Crippen LogP contribution in [0.2, 0.25) is 5.02 Å². The summed E-state index contributed by atoms with van der Waals surface area (Å²) < 4.78 is 15.6. The van der Waals surface area contributed by atoms with E-state index in [4.69, 9.17) is 21.7 Å². The van der Waals surface area contributed by atoms with E-state index in [1.54, 1.807) is 24.3 Å². The molecule has 0 saturated carbocycles. The third kappa shape index (κ3) is 6.41. The highest BCUT2D eigenvalue weighted by Gasteiger charge is 2.23. The summed E-state index contributed by atoms with van der Waals surface area (Å²) in [7, 11) is 0. The maximum Gasteiger partial charge on any atom is 0.305 e. The van der Waals surface area contributed by atoms with E-state index in [0.717, 1.165) is 22.6 Å². The lowest BCUT2D eigenvalue weighted by atomic mass is 10.0. The summed E-state index contributed by atoms with van der Waals surface area (Å²) in [4.78, 5) is 15.7. The van der Waals surface area contributed by atoms with Crippen LogP contribution < -0.4 is 0 Å². The molecule has 0 aliphatic rings. The van der Waals surface area contributed by atoms with Crippen LogP contribution in [0.3, 0.4) is 0 Å². The molecule has 176 valence electrons. The first kappa shape index (κ1) is 24.9. The maximum absolute atomic E-state index is 13.6. The van der Waals surface area contributed by atoms with Crippen molar-refractivity contribution in [2.24, 2.45) is 0 Å². The van der Waals surface area contributed by atoms with Gasteiger partial charge in [-0.25, -0.2) is 9.37 Å². The number of nitrogens with zero attached hydrogens (tertiary/aromatic N) is 2. The molecule has 0 aliphatic heterocycles. The smallest absolute Gasteiger partial charge is 0.305 e. The largest absolute Gasteiger partial charge is 0.481 e. The number of carboxylic acids is 1. The standard InChI is InChI=1S/C25H28ClFN2O4/c1-15(2)25-28-23(16-5-9-19(27)10-6-16)24(17-3-7-18(26)8-4-17)29(25)12-11-20(30)13-21(31)14-22(32)33/h3-10,15,20-21,30-31H,11-14H2,1-2H3,(H,32,33). The molecule has 0 radical (unpaired) electrons. The van der Waals surface area contributed by atoms with Crippen molar-refractivity contribution >= 4 is 17.6 Å². The molecule has 2 unspecified atom stereocenters. The molecule has 1 heterocycles. The topological polar surface area (TPSA) is 95.6 Å². The van der Waals surface area contributed by atoms with Gasteiger partial charge in [0.15, 0.2) is 0 Å². The van der Waals surface area contributed by atoms with Gasteiger partial charge in [-0.05, 0) is 49.2 Å². The molecule has 0 saturated heterocycles. The molecule has 33 heavy (non-hydrogen) atoms. The summed E-state index contributed by atoms with van der Waals surface area (Å²) >= 11 is 6.09. The van der Waals surface area contributed by atoms with Gasteiger partial charge in [-0.15, -0.1) is 0 Å². The number of hydrogen-bond acceptors (Lipinski definition) is 4. The number of aliphatic hydroxyl groups excluding tert-OH is 2. The van der Waals surface area contributed by atoms with Crippen LogP contribution in [0.4, 0.5) is 4.39 Å². The highest BCUT2D eigenvalue weighted by molar-refractivity contribution is 6.30. The van der Waals surface area contributed by atoms with Gasteiger partial charge in [0, 0.05) is 28.6 Å². The fourth-order valence-electron chi connectivity index (χ4n) is 3.84. The van der Waals surface area contributed by atoms with Crippen molar-refractivity contribution in [3.63, 3.8) is 0 Å². The van der Waals surface area contributed by atoms with Gasteiger partial charge in [-0.2, -0.15) is 0 Å². The lowest BCUT2D eigenvalue weighted by Gasteiger charge is -2.18. The van der Waals surface area contributed by atoms with Crippen LogP contribution in [0.25, 0.3) is 22.5 Å². The van der Waals surface area contributed by atoms with Gasteiger partial charge in [0.05, 0.1) is 30.0 Å². The Morgan fingerprint density at radius 3 is 2.21 bits per heavy atom. The molecule has 0 aliphatic carbocycles. The quantitative estimate of drug-likeness (QED) is 0.379. The maximum atomic E-state index is 13.6. The predicted octanol–water partition coefficient (Wildman–Crippen LogP) is 5.11. The first-order valence-corrected chi connectivity index (χ1v) is 11.2. The number of carbonyl (C=O) groups is 1. The number of halogens is 2. The molecule has 1 aromatic heterocycles. The number of hydrogen-bond donors (Lipinski definition) is 3. The molecule has 2 atom stereocenters. The van der Waals surface area contributed by atoms with Crippen LogP contribution in [-0.2, 0) is 11.3 Å². The molecule has 0 amide bonds. The van der Waals surface area contributed by atoms with Crippen molar-refractivity contribution in [3.05, 3.63) is 65.2 Å². The molecule has 3 N–H and O–H groups in total. The molecule has 0 bridgehead atoms. The number of aliphatic hydroxyl groups is 2. The van der Waals surface area contributed by atoms with Gasteiger partial charge in [0.2, 0.25) is 0 Å². The third-order valence-corrected chi connectivity index (χ3v) is 5.64. The van der Waals surface area contributed by atoms with Crippen molar-refractivity contribution in [1.82, 2.24) is 9.55 Å². The lowest BCUT2D eigenvalue weighted by Crippen LogP contribution is -2.22. The van der Waals surface area contributed by atoms with Crippen molar-refractivity contribution in [3.8, 4) is 22.5 Å². The van der Waals surface area contributed by atoms with Gasteiger partial charge in [0.25, 0.3) is 0 Å². The minimum absolute atomic E-state index is 0.0287. The average Bonchev–Trinajstić information content (AvgIpc) is 3.12. The molecule has 3 aromatic rings. The minimum Gasteiger partial charge on any atom is -0.481 e. The van der Waals surface area contributed by atoms with Gasteiger partial charge >= 0.3 is 5.97 Å². The summed E-state index contributed by atoms with van der Waals surface area (Å²) in [6.45, 7) is 4.44. The van der Waals surface area contributed by atoms with Crippen molar-refractivity contribution in [2.45, 2.75) is 57.8 Å². The molecular formula is C25H28ClFN2O4. The van der Waals surface area contributed by atoms with E-state index in [1.165, 1.54) is 12.1 Å². The Hall–Kier alpha value is -2.74. The molecule has 3 rings (SSSR count). The molecule has 0 fully saturated rings. The summed E-state index contributed by atoms with van der Waals surface area (Å²) in [6.07, 6.45) is -2.14. The van der Waals surface area contributed by atoms with E-state index in [0.29, 0.717) is 23.7 Å². The third-order valence-electron chi connectivity index (χ3n) is 5.39. The molecule has 6 nitrogen and oxygen atoms in total. The Morgan fingerprint density at radius 2 is 1.64 bits per heavy atom. The number of aliphatic carboxylic acids is 1. The van der Waals surface area contributed by atoms with Gasteiger partial charge in [-0.1, -0.05) is 37.6 Å². The van der Waals surface area contributed by atoms with E-state index >= 15 is 0 Å². The normalized spacial score (nSPS) is 13.3. The molecule has 0 spiro atoms. The Kier molecular flexibility index (Phi) is 8.24. The van der Waals surface area contributed by atoms with E-state index < -0.39 is 24.6 Å². The zero-order valence-electron chi connectivity index (χ0n) is 18.6. The zero-order chi connectivity index (χ0) is 24.1. The van der Waals surface area contributed by atoms with Crippen molar-refractivity contribution in [2.75, 3.05) is 0 Å². The first-order chi connectivity index (χ1) is 15.7. The number of rotatable bonds is 10. The van der Waals surface area contributed by atoms with E-state index in [-0.39, 0.29) is 18.2 Å². The zero-order valence-corrected chi connectivity index (χ0v) is 19.3. The second kappa shape index (κ2) is 10.9. The summed E-state index contributed by atoms with van der Waals surface area (Å²) in [5.74, 6) is -0.573. The van der Waals surface area contributed by atoms with Crippen LogP contribution >= 0.6 is 11.6 Å². The van der Waals surface area contributed by atoms with Gasteiger partial charge in [-0.3, -0.25) is 4.79 Å². The highest BCUT2D eigenvalue weighted by Crippen LogP contribution is 2.36. The molecule has 8 heteroatoms. The fourth-order valence-corrected chi connectivity index (χ4v) is 3.97. The minimum atomic E-state index is -1.12. The second-order valence-electron chi connectivity index (χ2n) is 8.42. The SMILES string of the molecule is CC(C)c1nc(-c2ccc(F)cc2)c(-c2ccc(Cl)cc2)n1CCC(O)CC(O)CC(=O)O. The van der Waals surface area contributed by atoms with Crippen molar-refractivity contribution in [1.29, 1.82) is 0 Å². The Balaban J connectivity index is 2.01. The van der Waals surface area contributed by atoms with Crippen LogP contribution in [0.5, 0.6) is 0 Å². The van der Waals surface area contributed by atoms with E-state index in [1.807, 2.05) is 30.5 Å². The predicted molar refractivity (Wildman–Crippen MR) is 126 cm³/mol. The number of carboxylic acid groups (broad SMARTS) is 1. The Morgan fingerprint density at radius 1 is 1.03 bits per heavy atom. The summed E-state index contributed by atoms with van der Waals surface area (Å²) in [6, 6.07) is 13.5. The summed E-state index contributed by atoms with van der Waals surface area (Å²) in [5.41, 5.74) is 3.15. The van der Waals surface area contributed by atoms with E-state index in [9.17, 15) is 19.4 Å². The van der Waals surface area contributed by atoms with Gasteiger partial charge < -0.3 is 19.9 Å². The fraction of sp³-hybridized carbons (Fsp3) is 0.360. The van der Waals surface area contributed by atoms with Gasteiger partial charge in [0.1, 0.15) is 11.6 Å². The second-order valence-corrected chi connectivity index (χ2v) is 8.85. The summed E-state index contributed by atoms with van der Waals surface area (Å²) in [5, 5.41) is 29.7. The average molecular weight is 475 g/mol. The lowest BCUT2D eigenvalue weighted by molar-refractivity contribution is -0.139. The highest BCUT2D eigenvalue weighted by atomic mass is 35.5. The first-order valence-electron chi connectivity index (χ1n) is 10.9. The molecule has 2 aromatic carbocycles. The van der Waals surface area contributed by atoms with Crippen LogP contribution in [-0.4, -0.2) is 43.0 Å². The van der Waals surface area contributed by atoms with Crippen LogP contribution in [0.15, 0.2) is 48.5 Å². The molecular weight excluding hydrogens is 447 g/mol. The number of benzene rings is 2. The van der Waals surface area contributed by atoms with E-state index in [2.05, 4.69) is 0 Å². The van der Waals surface area contributed by atoms with Crippen molar-refractivity contribution < 1.29 is 24.5 Å². The Bertz CT molecular complexity index is 1080.